The van der Waals surface area contributed by atoms with E-state index in [1.165, 1.54) is 0 Å². The molecule has 0 heterocycles. The van der Waals surface area contributed by atoms with Crippen LogP contribution in [-0.2, 0) is 4.74 Å². The molecule has 5 heteroatoms. The molecular weight excluding hydrogens is 350 g/mol. The summed E-state index contributed by atoms with van der Waals surface area (Å²) in [4.78, 5) is 11.7. The van der Waals surface area contributed by atoms with Crippen molar-refractivity contribution in [3.05, 3.63) is 33.8 Å². The summed E-state index contributed by atoms with van der Waals surface area (Å²) in [5.74, 6) is -0.0666. The second kappa shape index (κ2) is 7.84. The van der Waals surface area contributed by atoms with Gasteiger partial charge in [0.25, 0.3) is 5.91 Å². The van der Waals surface area contributed by atoms with Gasteiger partial charge >= 0.3 is 0 Å². The van der Waals surface area contributed by atoms with Crippen LogP contribution in [0.3, 0.4) is 0 Å². The molecule has 94 valence electrons. The van der Waals surface area contributed by atoms with Gasteiger partial charge in [-0.15, -0.1) is 0 Å². The number of aryl methyl sites for hydroxylation is 1. The Labute approximate surface area is 118 Å². The molecule has 0 radical (unpaired) electrons. The monoisotopic (exact) mass is 363 g/mol. The highest BCUT2D eigenvalue weighted by molar-refractivity contribution is 9.10. The maximum absolute atomic E-state index is 11.7. The summed E-state index contributed by atoms with van der Waals surface area (Å²) in [6, 6.07) is 5.54. The molecule has 17 heavy (non-hydrogen) atoms. The van der Waals surface area contributed by atoms with Crippen LogP contribution in [0.25, 0.3) is 0 Å². The van der Waals surface area contributed by atoms with Crippen LogP contribution >= 0.6 is 31.9 Å². The van der Waals surface area contributed by atoms with Crippen LogP contribution in [0.2, 0.25) is 0 Å². The number of ether oxygens (including phenoxy) is 1. The number of carbonyl (C=O) groups is 1. The number of nitrogens with one attached hydrogen (secondary N) is 1. The summed E-state index contributed by atoms with van der Waals surface area (Å²) in [5, 5.41) is 3.62. The minimum absolute atomic E-state index is 0.0666. The molecule has 0 atom stereocenters. The summed E-state index contributed by atoms with van der Waals surface area (Å²) in [5.41, 5.74) is 1.72. The van der Waals surface area contributed by atoms with E-state index in [1.54, 1.807) is 6.07 Å². The Hall–Kier alpha value is -0.390. The van der Waals surface area contributed by atoms with E-state index in [1.807, 2.05) is 19.1 Å². The Balaban J connectivity index is 2.39. The number of hydrogen-bond donors (Lipinski definition) is 1. The lowest BCUT2D eigenvalue weighted by atomic mass is 10.1. The zero-order valence-electron chi connectivity index (χ0n) is 9.63. The normalized spacial score (nSPS) is 10.3. The molecule has 0 aliphatic carbocycles. The second-order valence-electron chi connectivity index (χ2n) is 3.52. The number of rotatable bonds is 6. The molecule has 3 nitrogen and oxygen atoms in total. The van der Waals surface area contributed by atoms with Crippen molar-refractivity contribution >= 4 is 37.8 Å². The molecule has 0 fully saturated rings. The van der Waals surface area contributed by atoms with E-state index in [2.05, 4.69) is 37.2 Å². The molecule has 0 aliphatic rings. The van der Waals surface area contributed by atoms with Crippen molar-refractivity contribution in [2.24, 2.45) is 0 Å². The van der Waals surface area contributed by atoms with Crippen LogP contribution in [0, 0.1) is 6.92 Å². The zero-order chi connectivity index (χ0) is 12.7. The van der Waals surface area contributed by atoms with Gasteiger partial charge in [0.2, 0.25) is 0 Å². The van der Waals surface area contributed by atoms with E-state index in [0.29, 0.717) is 25.3 Å². The molecule has 0 spiro atoms. The smallest absolute Gasteiger partial charge is 0.251 e. The fraction of sp³-hybridized carbons (Fsp3) is 0.417. The van der Waals surface area contributed by atoms with Crippen molar-refractivity contribution in [2.45, 2.75) is 6.92 Å². The zero-order valence-corrected chi connectivity index (χ0v) is 12.8. The molecular formula is C12H15Br2NO2. The van der Waals surface area contributed by atoms with Crippen molar-refractivity contribution in [3.8, 4) is 0 Å². The quantitative estimate of drug-likeness (QED) is 0.622. The largest absolute Gasteiger partial charge is 0.379 e. The van der Waals surface area contributed by atoms with Crippen molar-refractivity contribution < 1.29 is 9.53 Å². The van der Waals surface area contributed by atoms with Crippen LogP contribution in [0.1, 0.15) is 15.9 Å². The average Bonchev–Trinajstić information content (AvgIpc) is 2.32. The lowest BCUT2D eigenvalue weighted by Crippen LogP contribution is -2.27. The Kier molecular flexibility index (Phi) is 6.77. The minimum Gasteiger partial charge on any atom is -0.379 e. The van der Waals surface area contributed by atoms with E-state index in [9.17, 15) is 4.79 Å². The topological polar surface area (TPSA) is 38.3 Å². The third kappa shape index (κ3) is 5.19. The lowest BCUT2D eigenvalue weighted by molar-refractivity contribution is 0.0924. The van der Waals surface area contributed by atoms with Crippen LogP contribution < -0.4 is 5.32 Å². The molecule has 0 saturated carbocycles. The van der Waals surface area contributed by atoms with Gasteiger partial charge in [-0.2, -0.15) is 0 Å². The maximum Gasteiger partial charge on any atom is 0.251 e. The Morgan fingerprint density at radius 2 is 2.18 bits per heavy atom. The third-order valence-electron chi connectivity index (χ3n) is 2.17. The highest BCUT2D eigenvalue weighted by atomic mass is 79.9. The van der Waals surface area contributed by atoms with E-state index >= 15 is 0 Å². The van der Waals surface area contributed by atoms with Gasteiger partial charge in [0.1, 0.15) is 0 Å². The van der Waals surface area contributed by atoms with Crippen molar-refractivity contribution in [1.82, 2.24) is 5.32 Å². The summed E-state index contributed by atoms with van der Waals surface area (Å²) >= 11 is 6.67. The predicted molar refractivity (Wildman–Crippen MR) is 75.8 cm³/mol. The van der Waals surface area contributed by atoms with Gasteiger partial charge in [-0.25, -0.2) is 0 Å². The number of amides is 1. The van der Waals surface area contributed by atoms with Gasteiger partial charge in [-0.05, 0) is 30.7 Å². The van der Waals surface area contributed by atoms with Gasteiger partial charge in [0.15, 0.2) is 0 Å². The number of hydrogen-bond acceptors (Lipinski definition) is 2. The fourth-order valence-corrected chi connectivity index (χ4v) is 1.76. The molecule has 1 aromatic rings. The average molecular weight is 365 g/mol. The Morgan fingerprint density at radius 3 is 2.82 bits per heavy atom. The summed E-state index contributed by atoms with van der Waals surface area (Å²) in [6.07, 6.45) is 0. The molecule has 0 bridgehead atoms. The molecule has 0 aliphatic heterocycles. The van der Waals surface area contributed by atoms with E-state index in [-0.39, 0.29) is 5.91 Å². The molecule has 1 amide bonds. The Morgan fingerprint density at radius 1 is 1.41 bits per heavy atom. The van der Waals surface area contributed by atoms with Crippen molar-refractivity contribution in [2.75, 3.05) is 25.1 Å². The second-order valence-corrected chi connectivity index (χ2v) is 5.17. The minimum atomic E-state index is -0.0666. The van der Waals surface area contributed by atoms with Gasteiger partial charge in [-0.3, -0.25) is 4.79 Å². The van der Waals surface area contributed by atoms with Gasteiger partial charge in [-0.1, -0.05) is 31.9 Å². The summed E-state index contributed by atoms with van der Waals surface area (Å²) < 4.78 is 6.25. The number of benzene rings is 1. The van der Waals surface area contributed by atoms with E-state index in [4.69, 9.17) is 4.74 Å². The van der Waals surface area contributed by atoms with Crippen molar-refractivity contribution in [1.29, 1.82) is 0 Å². The maximum atomic E-state index is 11.7. The molecule has 0 aromatic heterocycles. The van der Waals surface area contributed by atoms with Gasteiger partial charge in [0.05, 0.1) is 13.2 Å². The fourth-order valence-electron chi connectivity index (χ4n) is 1.28. The first kappa shape index (κ1) is 14.7. The predicted octanol–water partition coefficient (Wildman–Crippen LogP) is 2.90. The van der Waals surface area contributed by atoms with Crippen LogP contribution in [0.5, 0.6) is 0 Å². The number of carbonyl (C=O) groups excluding carboxylic acids is 1. The highest BCUT2D eigenvalue weighted by Crippen LogP contribution is 2.16. The SMILES string of the molecule is Cc1cc(C(=O)NCCOCCBr)ccc1Br. The van der Waals surface area contributed by atoms with Crippen LogP contribution in [-0.4, -0.2) is 31.0 Å². The number of halogens is 2. The van der Waals surface area contributed by atoms with Crippen molar-refractivity contribution in [3.63, 3.8) is 0 Å². The van der Waals surface area contributed by atoms with E-state index < -0.39 is 0 Å². The van der Waals surface area contributed by atoms with Crippen LogP contribution in [0.4, 0.5) is 0 Å². The van der Waals surface area contributed by atoms with E-state index in [0.717, 1.165) is 15.4 Å². The summed E-state index contributed by atoms with van der Waals surface area (Å²) in [7, 11) is 0. The van der Waals surface area contributed by atoms with Crippen LogP contribution in [0.15, 0.2) is 22.7 Å². The molecule has 1 aromatic carbocycles. The standard InChI is InChI=1S/C12H15Br2NO2/c1-9-8-10(2-3-11(9)14)12(16)15-5-7-17-6-4-13/h2-3,8H,4-7H2,1H3,(H,15,16). The molecule has 1 N–H and O–H groups in total. The Bertz CT molecular complexity index is 383. The summed E-state index contributed by atoms with van der Waals surface area (Å²) in [6.45, 7) is 3.68. The van der Waals surface area contributed by atoms with Gasteiger partial charge < -0.3 is 10.1 Å². The first-order valence-electron chi connectivity index (χ1n) is 5.33. The third-order valence-corrected chi connectivity index (χ3v) is 3.39. The molecule has 0 unspecified atom stereocenters. The first-order valence-corrected chi connectivity index (χ1v) is 7.24. The molecule has 1 rings (SSSR count). The number of alkyl halides is 1. The lowest BCUT2D eigenvalue weighted by Gasteiger charge is -2.07. The van der Waals surface area contributed by atoms with Gasteiger partial charge in [0, 0.05) is 21.9 Å². The highest BCUT2D eigenvalue weighted by Gasteiger charge is 2.05. The molecule has 0 saturated heterocycles. The first-order chi connectivity index (χ1) is 8.15.